The van der Waals surface area contributed by atoms with Crippen molar-refractivity contribution in [2.75, 3.05) is 5.43 Å². The van der Waals surface area contributed by atoms with Gasteiger partial charge < -0.3 is 0 Å². The standard InChI is InChI=1S/C12H13ClN2/c1-9-6-7-10(8-9)14-15-12-5-3-2-4-11(12)13/h2-5,8,15H,6-7H2,1H3. The molecule has 0 fully saturated rings. The molecule has 0 amide bonds. The molecule has 0 atom stereocenters. The Balaban J connectivity index is 2.08. The third kappa shape index (κ3) is 2.60. The van der Waals surface area contributed by atoms with E-state index in [0.29, 0.717) is 5.02 Å². The summed E-state index contributed by atoms with van der Waals surface area (Å²) in [4.78, 5) is 0. The van der Waals surface area contributed by atoms with E-state index in [9.17, 15) is 0 Å². The fourth-order valence-corrected chi connectivity index (χ4v) is 1.70. The molecule has 78 valence electrons. The number of nitrogens with zero attached hydrogens (tertiary/aromatic N) is 1. The van der Waals surface area contributed by atoms with Gasteiger partial charge in [0.25, 0.3) is 0 Å². The van der Waals surface area contributed by atoms with Gasteiger partial charge in [0.1, 0.15) is 0 Å². The molecule has 2 nitrogen and oxygen atoms in total. The van der Waals surface area contributed by atoms with E-state index in [-0.39, 0.29) is 0 Å². The van der Waals surface area contributed by atoms with Crippen LogP contribution >= 0.6 is 11.6 Å². The maximum Gasteiger partial charge on any atom is 0.0748 e. The van der Waals surface area contributed by atoms with Crippen molar-refractivity contribution in [2.24, 2.45) is 5.10 Å². The van der Waals surface area contributed by atoms with Crippen LogP contribution in [0.2, 0.25) is 5.02 Å². The molecule has 1 aliphatic carbocycles. The molecular formula is C12H13ClN2. The smallest absolute Gasteiger partial charge is 0.0748 e. The summed E-state index contributed by atoms with van der Waals surface area (Å²) in [5, 5.41) is 5.01. The van der Waals surface area contributed by atoms with Crippen LogP contribution in [-0.4, -0.2) is 5.71 Å². The minimum absolute atomic E-state index is 0.695. The largest absolute Gasteiger partial charge is 0.277 e. The Hall–Kier alpha value is -1.28. The molecule has 3 heteroatoms. The lowest BCUT2D eigenvalue weighted by Crippen LogP contribution is -1.95. The maximum atomic E-state index is 5.99. The number of halogens is 1. The summed E-state index contributed by atoms with van der Waals surface area (Å²) in [5.74, 6) is 0. The highest BCUT2D eigenvalue weighted by Crippen LogP contribution is 2.21. The molecular weight excluding hydrogens is 208 g/mol. The fourth-order valence-electron chi connectivity index (χ4n) is 1.53. The topological polar surface area (TPSA) is 24.4 Å². The van der Waals surface area contributed by atoms with Crippen molar-refractivity contribution in [1.29, 1.82) is 0 Å². The van der Waals surface area contributed by atoms with E-state index in [0.717, 1.165) is 24.2 Å². The van der Waals surface area contributed by atoms with Crippen LogP contribution in [0, 0.1) is 0 Å². The summed E-state index contributed by atoms with van der Waals surface area (Å²) in [5.41, 5.74) is 6.31. The predicted molar refractivity (Wildman–Crippen MR) is 65.5 cm³/mol. The third-order valence-corrected chi connectivity index (χ3v) is 2.71. The fraction of sp³-hybridized carbons (Fsp3) is 0.250. The van der Waals surface area contributed by atoms with Gasteiger partial charge in [0, 0.05) is 0 Å². The lowest BCUT2D eigenvalue weighted by molar-refractivity contribution is 1.05. The van der Waals surface area contributed by atoms with Crippen LogP contribution in [0.5, 0.6) is 0 Å². The molecule has 0 aliphatic heterocycles. The van der Waals surface area contributed by atoms with Crippen LogP contribution in [0.4, 0.5) is 5.69 Å². The van der Waals surface area contributed by atoms with Gasteiger partial charge in [-0.05, 0) is 38.0 Å². The number of nitrogens with one attached hydrogen (secondary N) is 1. The van der Waals surface area contributed by atoms with Crippen LogP contribution in [0.3, 0.4) is 0 Å². The highest BCUT2D eigenvalue weighted by Gasteiger charge is 2.06. The van der Waals surface area contributed by atoms with E-state index in [1.165, 1.54) is 5.57 Å². The summed E-state index contributed by atoms with van der Waals surface area (Å²) in [6.07, 6.45) is 4.25. The van der Waals surface area contributed by atoms with Crippen LogP contribution in [0.25, 0.3) is 0 Å². The maximum absolute atomic E-state index is 5.99. The first-order chi connectivity index (χ1) is 7.25. The van der Waals surface area contributed by atoms with Gasteiger partial charge in [-0.25, -0.2) is 0 Å². The molecule has 1 aromatic carbocycles. The molecule has 0 saturated heterocycles. The summed E-state index contributed by atoms with van der Waals surface area (Å²) in [7, 11) is 0. The zero-order valence-electron chi connectivity index (χ0n) is 8.63. The number of para-hydroxylation sites is 1. The van der Waals surface area contributed by atoms with E-state index in [2.05, 4.69) is 23.5 Å². The third-order valence-electron chi connectivity index (χ3n) is 2.38. The van der Waals surface area contributed by atoms with Crippen molar-refractivity contribution in [3.8, 4) is 0 Å². The summed E-state index contributed by atoms with van der Waals surface area (Å²) >= 11 is 5.99. The molecule has 1 aromatic rings. The van der Waals surface area contributed by atoms with Crippen LogP contribution in [0.15, 0.2) is 41.0 Å². The number of anilines is 1. The Labute approximate surface area is 94.6 Å². The second kappa shape index (κ2) is 4.49. The Morgan fingerprint density at radius 3 is 2.73 bits per heavy atom. The van der Waals surface area contributed by atoms with Crippen LogP contribution < -0.4 is 5.43 Å². The minimum Gasteiger partial charge on any atom is -0.277 e. The van der Waals surface area contributed by atoms with Crippen molar-refractivity contribution >= 4 is 23.0 Å². The second-order valence-electron chi connectivity index (χ2n) is 3.69. The van der Waals surface area contributed by atoms with E-state index in [1.807, 2.05) is 24.3 Å². The number of hydrogen-bond acceptors (Lipinski definition) is 2. The molecule has 0 aromatic heterocycles. The lowest BCUT2D eigenvalue weighted by atomic mass is 10.3. The van der Waals surface area contributed by atoms with Crippen LogP contribution in [-0.2, 0) is 0 Å². The molecule has 0 spiro atoms. The van der Waals surface area contributed by atoms with Gasteiger partial charge in [-0.1, -0.05) is 29.3 Å². The first-order valence-corrected chi connectivity index (χ1v) is 5.38. The quantitative estimate of drug-likeness (QED) is 0.753. The SMILES string of the molecule is CC1=CC(=NNc2ccccc2Cl)CC1. The first-order valence-electron chi connectivity index (χ1n) is 5.00. The Kier molecular flexibility index (Phi) is 3.07. The number of rotatable bonds is 2. The molecule has 0 heterocycles. The number of hydrazone groups is 1. The highest BCUT2D eigenvalue weighted by molar-refractivity contribution is 6.33. The Morgan fingerprint density at radius 1 is 1.27 bits per heavy atom. The van der Waals surface area contributed by atoms with E-state index < -0.39 is 0 Å². The van der Waals surface area contributed by atoms with E-state index in [4.69, 9.17) is 11.6 Å². The molecule has 0 radical (unpaired) electrons. The minimum atomic E-state index is 0.695. The van der Waals surface area contributed by atoms with E-state index in [1.54, 1.807) is 0 Å². The summed E-state index contributed by atoms with van der Waals surface area (Å²) in [6, 6.07) is 7.60. The highest BCUT2D eigenvalue weighted by atomic mass is 35.5. The zero-order chi connectivity index (χ0) is 10.7. The number of hydrogen-bond donors (Lipinski definition) is 1. The van der Waals surface area contributed by atoms with Crippen LogP contribution in [0.1, 0.15) is 19.8 Å². The molecule has 0 bridgehead atoms. The monoisotopic (exact) mass is 220 g/mol. The van der Waals surface area contributed by atoms with Gasteiger partial charge in [-0.15, -0.1) is 0 Å². The average molecular weight is 221 g/mol. The number of allylic oxidation sites excluding steroid dienone is 2. The van der Waals surface area contributed by atoms with Gasteiger partial charge in [-0.3, -0.25) is 5.43 Å². The van der Waals surface area contributed by atoms with Crippen molar-refractivity contribution in [1.82, 2.24) is 0 Å². The van der Waals surface area contributed by atoms with Gasteiger partial charge in [-0.2, -0.15) is 5.10 Å². The summed E-state index contributed by atoms with van der Waals surface area (Å²) in [6.45, 7) is 2.12. The molecule has 1 N–H and O–H groups in total. The normalized spacial score (nSPS) is 18.0. The van der Waals surface area contributed by atoms with E-state index >= 15 is 0 Å². The Bertz CT molecular complexity index is 421. The Morgan fingerprint density at radius 2 is 2.07 bits per heavy atom. The van der Waals surface area contributed by atoms with Crippen molar-refractivity contribution in [3.05, 3.63) is 40.9 Å². The van der Waals surface area contributed by atoms with Gasteiger partial charge in [0.2, 0.25) is 0 Å². The van der Waals surface area contributed by atoms with Gasteiger partial charge >= 0.3 is 0 Å². The first kappa shape index (κ1) is 10.2. The van der Waals surface area contributed by atoms with Crippen molar-refractivity contribution in [3.63, 3.8) is 0 Å². The van der Waals surface area contributed by atoms with Gasteiger partial charge in [0.05, 0.1) is 16.4 Å². The zero-order valence-corrected chi connectivity index (χ0v) is 9.38. The summed E-state index contributed by atoms with van der Waals surface area (Å²) < 4.78 is 0. The molecule has 15 heavy (non-hydrogen) atoms. The molecule has 2 rings (SSSR count). The molecule has 0 unspecified atom stereocenters. The van der Waals surface area contributed by atoms with Crippen molar-refractivity contribution in [2.45, 2.75) is 19.8 Å². The number of benzene rings is 1. The van der Waals surface area contributed by atoms with Crippen molar-refractivity contribution < 1.29 is 0 Å². The van der Waals surface area contributed by atoms with Gasteiger partial charge in [0.15, 0.2) is 0 Å². The molecule has 1 aliphatic rings. The second-order valence-corrected chi connectivity index (χ2v) is 4.09. The lowest BCUT2D eigenvalue weighted by Gasteiger charge is -2.02. The molecule has 0 saturated carbocycles. The average Bonchev–Trinajstić information content (AvgIpc) is 2.63. The predicted octanol–water partition coefficient (Wildman–Crippen LogP) is 3.85.